The van der Waals surface area contributed by atoms with E-state index in [4.69, 9.17) is 9.47 Å². The predicted octanol–water partition coefficient (Wildman–Crippen LogP) is 4.38. The van der Waals surface area contributed by atoms with Crippen LogP contribution in [-0.2, 0) is 19.1 Å². The number of esters is 2. The number of hydrogen-bond acceptors (Lipinski definition) is 7. The molecule has 0 aliphatic heterocycles. The van der Waals surface area contributed by atoms with Gasteiger partial charge in [0, 0.05) is 18.0 Å². The first kappa shape index (κ1) is 32.1. The second-order valence-electron chi connectivity index (χ2n) is 13.4. The van der Waals surface area contributed by atoms with E-state index in [-0.39, 0.29) is 65.5 Å². The number of allylic oxidation sites excluding steroid dienone is 1. The third kappa shape index (κ3) is 7.09. The van der Waals surface area contributed by atoms with E-state index in [1.807, 2.05) is 19.0 Å². The van der Waals surface area contributed by atoms with Crippen molar-refractivity contribution in [2.24, 2.45) is 34.5 Å². The molecule has 0 saturated heterocycles. The van der Waals surface area contributed by atoms with Crippen molar-refractivity contribution in [3.63, 3.8) is 0 Å². The highest BCUT2D eigenvalue weighted by Gasteiger charge is 2.62. The molecule has 3 fully saturated rings. The van der Waals surface area contributed by atoms with E-state index in [1.54, 1.807) is 19.9 Å². The number of ether oxygens (including phenoxy) is 2. The number of hydrogen-bond donors (Lipinski definition) is 2. The van der Waals surface area contributed by atoms with E-state index < -0.39 is 11.7 Å². The van der Waals surface area contributed by atoms with Gasteiger partial charge in [-0.15, -0.1) is 12.4 Å². The van der Waals surface area contributed by atoms with Crippen molar-refractivity contribution >= 4 is 24.3 Å². The van der Waals surface area contributed by atoms with Gasteiger partial charge in [0.1, 0.15) is 12.7 Å². The van der Waals surface area contributed by atoms with Crippen molar-refractivity contribution in [3.8, 4) is 0 Å². The smallest absolute Gasteiger partial charge is 0.330 e. The molecule has 7 nitrogen and oxygen atoms in total. The molecule has 0 aromatic heterocycles. The molecular weight excluding hydrogens is 494 g/mol. The van der Waals surface area contributed by atoms with Crippen molar-refractivity contribution in [2.45, 2.75) is 97.9 Å². The Morgan fingerprint density at radius 1 is 1.19 bits per heavy atom. The van der Waals surface area contributed by atoms with Gasteiger partial charge in [0.2, 0.25) is 0 Å². The lowest BCUT2D eigenvalue weighted by molar-refractivity contribution is -0.206. The molecular formula is C29H50ClNO6. The minimum atomic E-state index is -1.10. The second kappa shape index (κ2) is 11.9. The molecule has 7 unspecified atom stereocenters. The van der Waals surface area contributed by atoms with Gasteiger partial charge in [-0.2, -0.15) is 0 Å². The van der Waals surface area contributed by atoms with Gasteiger partial charge in [-0.25, -0.2) is 4.79 Å². The Morgan fingerprint density at radius 3 is 2.43 bits per heavy atom. The number of carbonyl (C=O) groups excluding carboxylic acids is 2. The van der Waals surface area contributed by atoms with Crippen LogP contribution in [0.5, 0.6) is 0 Å². The Balaban J connectivity index is 0.00000481. The van der Waals surface area contributed by atoms with Gasteiger partial charge in [0.15, 0.2) is 0 Å². The minimum Gasteiger partial charge on any atom is -0.462 e. The van der Waals surface area contributed by atoms with Crippen molar-refractivity contribution in [2.75, 3.05) is 27.2 Å². The summed E-state index contributed by atoms with van der Waals surface area (Å²) >= 11 is 0. The highest BCUT2D eigenvalue weighted by Crippen LogP contribution is 2.65. The summed E-state index contributed by atoms with van der Waals surface area (Å²) in [5, 5.41) is 21.5. The fourth-order valence-corrected chi connectivity index (χ4v) is 7.68. The van der Waals surface area contributed by atoms with Crippen molar-refractivity contribution in [1.29, 1.82) is 0 Å². The first-order valence-electron chi connectivity index (χ1n) is 13.7. The van der Waals surface area contributed by atoms with Crippen LogP contribution >= 0.6 is 12.4 Å². The molecule has 2 N–H and O–H groups in total. The maximum atomic E-state index is 12.5. The summed E-state index contributed by atoms with van der Waals surface area (Å²) in [5.74, 6) is 0.117. The molecule has 37 heavy (non-hydrogen) atoms. The van der Waals surface area contributed by atoms with Crippen LogP contribution in [0.25, 0.3) is 0 Å². The summed E-state index contributed by atoms with van der Waals surface area (Å²) in [6.45, 7) is 13.2. The van der Waals surface area contributed by atoms with Crippen LogP contribution in [0.1, 0.15) is 80.1 Å². The lowest BCUT2D eigenvalue weighted by Crippen LogP contribution is -2.61. The fraction of sp³-hybridized carbons (Fsp3) is 0.862. The van der Waals surface area contributed by atoms with Gasteiger partial charge in [0.25, 0.3) is 0 Å². The van der Waals surface area contributed by atoms with Crippen LogP contribution < -0.4 is 0 Å². The molecule has 3 aliphatic carbocycles. The Bertz CT molecular complexity index is 850. The van der Waals surface area contributed by atoms with Crippen LogP contribution in [0.3, 0.4) is 0 Å². The average Bonchev–Trinajstić information content (AvgIpc) is 2.72. The predicted molar refractivity (Wildman–Crippen MR) is 146 cm³/mol. The van der Waals surface area contributed by atoms with Gasteiger partial charge < -0.3 is 24.6 Å². The van der Waals surface area contributed by atoms with Crippen LogP contribution in [0.2, 0.25) is 0 Å². The van der Waals surface area contributed by atoms with E-state index in [9.17, 15) is 19.8 Å². The number of fused-ring (bicyclic) bond motifs is 3. The van der Waals surface area contributed by atoms with E-state index in [0.29, 0.717) is 25.5 Å². The molecule has 0 aromatic carbocycles. The lowest BCUT2D eigenvalue weighted by atomic mass is 9.42. The molecule has 3 rings (SSSR count). The monoisotopic (exact) mass is 543 g/mol. The number of rotatable bonds is 7. The second-order valence-corrected chi connectivity index (χ2v) is 13.4. The third-order valence-corrected chi connectivity index (χ3v) is 9.55. The zero-order valence-electron chi connectivity index (χ0n) is 24.1. The number of carbonyl (C=O) groups is 2. The third-order valence-electron chi connectivity index (χ3n) is 9.55. The molecule has 214 valence electrons. The highest BCUT2D eigenvalue weighted by atomic mass is 35.5. The van der Waals surface area contributed by atoms with Gasteiger partial charge in [-0.3, -0.25) is 4.79 Å². The van der Waals surface area contributed by atoms with Crippen molar-refractivity contribution in [1.82, 2.24) is 4.90 Å². The molecule has 3 saturated carbocycles. The molecule has 3 aliphatic rings. The van der Waals surface area contributed by atoms with E-state index in [0.717, 1.165) is 31.3 Å². The summed E-state index contributed by atoms with van der Waals surface area (Å²) in [5.41, 5.74) is -0.274. The number of likely N-dealkylation sites (N-methyl/N-ethyl adjacent to an activating group) is 1. The lowest BCUT2D eigenvalue weighted by Gasteiger charge is -2.64. The van der Waals surface area contributed by atoms with Crippen LogP contribution in [0.15, 0.2) is 11.6 Å². The molecule has 0 aromatic rings. The SMILES string of the molecule is CC1/C(=C\C(=O)OCCN(C)C)CCC2C1C(O)CC1C(C)(C)C(OC(=O)CC(C)(C)O)CCC21C.Cl. The maximum absolute atomic E-state index is 12.5. The van der Waals surface area contributed by atoms with Crippen molar-refractivity contribution < 1.29 is 29.3 Å². The molecule has 0 spiro atoms. The summed E-state index contributed by atoms with van der Waals surface area (Å²) in [6.07, 6.45) is 5.10. The van der Waals surface area contributed by atoms with Gasteiger partial charge in [-0.1, -0.05) is 33.3 Å². The van der Waals surface area contributed by atoms with Gasteiger partial charge in [-0.05, 0) is 89.1 Å². The van der Waals surface area contributed by atoms with E-state index in [1.165, 1.54) is 0 Å². The number of nitrogens with zero attached hydrogens (tertiary/aromatic N) is 1. The van der Waals surface area contributed by atoms with Crippen molar-refractivity contribution in [3.05, 3.63) is 11.6 Å². The standard InChI is InChI=1S/C29H49NO6.ClH/c1-18-19(15-24(32)35-14-13-30(7)8)9-10-20-26(18)21(31)16-22-28(4,5)23(11-12-29(20,22)6)36-25(33)17-27(2,3)34;/h15,18,20-23,26,31,34H,9-14,16-17H2,1-8H3;1H/b19-15-;. The molecule has 0 heterocycles. The Kier molecular flexibility index (Phi) is 10.3. The van der Waals surface area contributed by atoms with E-state index in [2.05, 4.69) is 27.7 Å². The number of halogens is 1. The summed E-state index contributed by atoms with van der Waals surface area (Å²) in [4.78, 5) is 26.9. The fourth-order valence-electron chi connectivity index (χ4n) is 7.68. The molecule has 0 bridgehead atoms. The largest absolute Gasteiger partial charge is 0.462 e. The average molecular weight is 544 g/mol. The zero-order chi connectivity index (χ0) is 27.1. The Morgan fingerprint density at radius 2 is 1.84 bits per heavy atom. The quantitative estimate of drug-likeness (QED) is 0.363. The molecule has 0 amide bonds. The maximum Gasteiger partial charge on any atom is 0.330 e. The highest BCUT2D eigenvalue weighted by molar-refractivity contribution is 5.85. The Labute approximate surface area is 229 Å². The molecule has 7 atom stereocenters. The zero-order valence-corrected chi connectivity index (χ0v) is 24.9. The topological polar surface area (TPSA) is 96.3 Å². The summed E-state index contributed by atoms with van der Waals surface area (Å²) < 4.78 is 11.3. The first-order valence-corrected chi connectivity index (χ1v) is 13.7. The molecule has 0 radical (unpaired) electrons. The Hall–Kier alpha value is -1.15. The minimum absolute atomic E-state index is 0. The summed E-state index contributed by atoms with van der Waals surface area (Å²) in [6, 6.07) is 0. The van der Waals surface area contributed by atoms with Crippen LogP contribution in [-0.4, -0.2) is 72.1 Å². The number of aliphatic hydroxyl groups is 2. The van der Waals surface area contributed by atoms with Gasteiger partial charge in [0.05, 0.1) is 18.1 Å². The van der Waals surface area contributed by atoms with E-state index >= 15 is 0 Å². The van der Waals surface area contributed by atoms with Crippen LogP contribution in [0.4, 0.5) is 0 Å². The number of aliphatic hydroxyl groups excluding tert-OH is 1. The summed E-state index contributed by atoms with van der Waals surface area (Å²) in [7, 11) is 3.89. The first-order chi connectivity index (χ1) is 16.6. The normalized spacial score (nSPS) is 36.2. The van der Waals surface area contributed by atoms with Gasteiger partial charge >= 0.3 is 11.9 Å². The van der Waals surface area contributed by atoms with Crippen LogP contribution in [0, 0.1) is 34.5 Å². The molecule has 8 heteroatoms.